The lowest BCUT2D eigenvalue weighted by molar-refractivity contribution is 0.0686. The zero-order valence-electron chi connectivity index (χ0n) is 11.2. The van der Waals surface area contributed by atoms with Gasteiger partial charge in [-0.15, -0.1) is 0 Å². The number of fused-ring (bicyclic) bond motifs is 1. The number of rotatable bonds is 2. The standard InChI is InChI=1S/C14H12N2O5/c1-8-7-16(15-12(13(8)17)14(18)19)9-2-3-10-11(6-9)21-5-4-20-10/h2-3,6-7H,4-5H2,1H3,(H,18,19). The van der Waals surface area contributed by atoms with E-state index < -0.39 is 17.1 Å². The number of aromatic carboxylic acids is 1. The Morgan fingerprint density at radius 3 is 2.71 bits per heavy atom. The summed E-state index contributed by atoms with van der Waals surface area (Å²) in [7, 11) is 0. The molecule has 0 saturated heterocycles. The largest absolute Gasteiger partial charge is 0.486 e. The first-order valence-corrected chi connectivity index (χ1v) is 6.30. The van der Waals surface area contributed by atoms with Gasteiger partial charge in [-0.1, -0.05) is 0 Å². The summed E-state index contributed by atoms with van der Waals surface area (Å²) in [6.07, 6.45) is 1.49. The van der Waals surface area contributed by atoms with Gasteiger partial charge in [0.1, 0.15) is 13.2 Å². The predicted molar refractivity (Wildman–Crippen MR) is 72.5 cm³/mol. The summed E-state index contributed by atoms with van der Waals surface area (Å²) < 4.78 is 12.2. The number of carboxylic acid groups (broad SMARTS) is 1. The highest BCUT2D eigenvalue weighted by atomic mass is 16.6. The third-order valence-corrected chi connectivity index (χ3v) is 3.09. The highest BCUT2D eigenvalue weighted by Crippen LogP contribution is 2.31. The molecule has 108 valence electrons. The maximum absolute atomic E-state index is 11.7. The molecular weight excluding hydrogens is 276 g/mol. The third-order valence-electron chi connectivity index (χ3n) is 3.09. The van der Waals surface area contributed by atoms with Crippen LogP contribution in [0.3, 0.4) is 0 Å². The molecule has 1 aliphatic heterocycles. The molecule has 7 nitrogen and oxygen atoms in total. The second-order valence-corrected chi connectivity index (χ2v) is 4.57. The second-order valence-electron chi connectivity index (χ2n) is 4.57. The highest BCUT2D eigenvalue weighted by Gasteiger charge is 2.16. The van der Waals surface area contributed by atoms with Gasteiger partial charge in [-0.05, 0) is 19.1 Å². The Balaban J connectivity index is 2.12. The average molecular weight is 288 g/mol. The van der Waals surface area contributed by atoms with Crippen molar-refractivity contribution in [2.75, 3.05) is 13.2 Å². The number of benzene rings is 1. The summed E-state index contributed by atoms with van der Waals surface area (Å²) in [5.74, 6) is -0.162. The van der Waals surface area contributed by atoms with Gasteiger partial charge in [0.25, 0.3) is 0 Å². The van der Waals surface area contributed by atoms with E-state index in [4.69, 9.17) is 14.6 Å². The van der Waals surface area contributed by atoms with Gasteiger partial charge in [0, 0.05) is 17.8 Å². The number of aromatic nitrogens is 2. The van der Waals surface area contributed by atoms with E-state index in [0.29, 0.717) is 36.0 Å². The van der Waals surface area contributed by atoms with Crippen LogP contribution in [0.2, 0.25) is 0 Å². The highest BCUT2D eigenvalue weighted by molar-refractivity contribution is 5.85. The monoisotopic (exact) mass is 288 g/mol. The van der Waals surface area contributed by atoms with Crippen molar-refractivity contribution in [3.63, 3.8) is 0 Å². The smallest absolute Gasteiger partial charge is 0.360 e. The quantitative estimate of drug-likeness (QED) is 0.887. The lowest BCUT2D eigenvalue weighted by Gasteiger charge is -2.19. The first-order chi connectivity index (χ1) is 10.1. The van der Waals surface area contributed by atoms with Crippen LogP contribution in [0, 0.1) is 6.92 Å². The molecule has 1 aromatic heterocycles. The Kier molecular flexibility index (Phi) is 3.09. The van der Waals surface area contributed by atoms with Gasteiger partial charge >= 0.3 is 5.97 Å². The summed E-state index contributed by atoms with van der Waals surface area (Å²) in [5.41, 5.74) is -0.205. The van der Waals surface area contributed by atoms with Crippen LogP contribution in [0.4, 0.5) is 0 Å². The average Bonchev–Trinajstić information content (AvgIpc) is 2.49. The second kappa shape index (κ2) is 4.93. The van der Waals surface area contributed by atoms with E-state index in [0.717, 1.165) is 0 Å². The zero-order chi connectivity index (χ0) is 15.0. The van der Waals surface area contributed by atoms with Crippen LogP contribution in [0.1, 0.15) is 16.1 Å². The SMILES string of the molecule is Cc1cn(-c2ccc3c(c2)OCCO3)nc(C(=O)O)c1=O. The summed E-state index contributed by atoms with van der Waals surface area (Å²) in [6.45, 7) is 2.49. The van der Waals surface area contributed by atoms with Crippen molar-refractivity contribution in [3.8, 4) is 17.2 Å². The third kappa shape index (κ3) is 2.33. The van der Waals surface area contributed by atoms with Gasteiger partial charge < -0.3 is 14.6 Å². The molecule has 1 aromatic carbocycles. The molecule has 1 N–H and O–H groups in total. The normalized spacial score (nSPS) is 13.0. The lowest BCUT2D eigenvalue weighted by atomic mass is 10.2. The molecule has 0 spiro atoms. The Labute approximate surface area is 119 Å². The molecule has 0 unspecified atom stereocenters. The van der Waals surface area contributed by atoms with Gasteiger partial charge in [-0.25, -0.2) is 9.48 Å². The number of aryl methyl sites for hydroxylation is 1. The Bertz CT molecular complexity index is 781. The summed E-state index contributed by atoms with van der Waals surface area (Å²) >= 11 is 0. The molecule has 2 aromatic rings. The van der Waals surface area contributed by atoms with Crippen LogP contribution in [0.15, 0.2) is 29.2 Å². The van der Waals surface area contributed by atoms with Crippen molar-refractivity contribution in [1.29, 1.82) is 0 Å². The molecule has 1 aliphatic rings. The summed E-state index contributed by atoms with van der Waals surface area (Å²) in [4.78, 5) is 22.8. The molecule has 2 heterocycles. The van der Waals surface area contributed by atoms with Crippen LogP contribution in [0.25, 0.3) is 5.69 Å². The fourth-order valence-electron chi connectivity index (χ4n) is 2.06. The zero-order valence-corrected chi connectivity index (χ0v) is 11.2. The number of nitrogens with zero attached hydrogens (tertiary/aromatic N) is 2. The van der Waals surface area contributed by atoms with E-state index in [-0.39, 0.29) is 0 Å². The number of hydrogen-bond acceptors (Lipinski definition) is 5. The van der Waals surface area contributed by atoms with E-state index in [2.05, 4.69) is 5.10 Å². The van der Waals surface area contributed by atoms with E-state index in [1.165, 1.54) is 10.9 Å². The molecule has 3 rings (SSSR count). The maximum atomic E-state index is 11.7. The Morgan fingerprint density at radius 2 is 2.00 bits per heavy atom. The maximum Gasteiger partial charge on any atom is 0.360 e. The Morgan fingerprint density at radius 1 is 1.29 bits per heavy atom. The lowest BCUT2D eigenvalue weighted by Crippen LogP contribution is -2.23. The van der Waals surface area contributed by atoms with E-state index in [1.807, 2.05) is 0 Å². The fourth-order valence-corrected chi connectivity index (χ4v) is 2.06. The van der Waals surface area contributed by atoms with Crippen LogP contribution < -0.4 is 14.9 Å². The number of hydrogen-bond donors (Lipinski definition) is 1. The van der Waals surface area contributed by atoms with Crippen molar-refractivity contribution < 1.29 is 19.4 Å². The van der Waals surface area contributed by atoms with Crippen molar-refractivity contribution in [3.05, 3.63) is 45.9 Å². The van der Waals surface area contributed by atoms with Crippen molar-refractivity contribution >= 4 is 5.97 Å². The van der Waals surface area contributed by atoms with Crippen molar-refractivity contribution in [2.45, 2.75) is 6.92 Å². The van der Waals surface area contributed by atoms with Crippen molar-refractivity contribution in [2.24, 2.45) is 0 Å². The van der Waals surface area contributed by atoms with Crippen LogP contribution in [-0.2, 0) is 0 Å². The molecule has 7 heteroatoms. The minimum Gasteiger partial charge on any atom is -0.486 e. The first-order valence-electron chi connectivity index (χ1n) is 6.30. The molecular formula is C14H12N2O5. The van der Waals surface area contributed by atoms with Crippen LogP contribution in [-0.4, -0.2) is 34.1 Å². The van der Waals surface area contributed by atoms with E-state index in [9.17, 15) is 9.59 Å². The van der Waals surface area contributed by atoms with Gasteiger partial charge in [0.05, 0.1) is 5.69 Å². The molecule has 0 fully saturated rings. The molecule has 0 bridgehead atoms. The van der Waals surface area contributed by atoms with Gasteiger partial charge in [0.2, 0.25) is 11.1 Å². The number of ether oxygens (including phenoxy) is 2. The first kappa shape index (κ1) is 13.2. The minimum atomic E-state index is -1.35. The van der Waals surface area contributed by atoms with Gasteiger partial charge in [-0.3, -0.25) is 4.79 Å². The van der Waals surface area contributed by atoms with E-state index >= 15 is 0 Å². The molecule has 0 saturated carbocycles. The molecule has 0 radical (unpaired) electrons. The van der Waals surface area contributed by atoms with Gasteiger partial charge in [-0.2, -0.15) is 5.10 Å². The fraction of sp³-hybridized carbons (Fsp3) is 0.214. The topological polar surface area (TPSA) is 90.7 Å². The van der Waals surface area contributed by atoms with Crippen molar-refractivity contribution in [1.82, 2.24) is 9.78 Å². The van der Waals surface area contributed by atoms with Crippen LogP contribution in [0.5, 0.6) is 11.5 Å². The number of carboxylic acids is 1. The summed E-state index contributed by atoms with van der Waals surface area (Å²) in [6, 6.07) is 5.13. The molecule has 0 atom stereocenters. The molecule has 0 aliphatic carbocycles. The predicted octanol–water partition coefficient (Wildman–Crippen LogP) is 1.01. The molecule has 21 heavy (non-hydrogen) atoms. The van der Waals surface area contributed by atoms with E-state index in [1.54, 1.807) is 25.1 Å². The van der Waals surface area contributed by atoms with Crippen LogP contribution >= 0.6 is 0 Å². The summed E-state index contributed by atoms with van der Waals surface area (Å²) in [5, 5.41) is 12.9. The molecule has 0 amide bonds. The number of carbonyl (C=O) groups is 1. The Hall–Kier alpha value is -2.83. The van der Waals surface area contributed by atoms with Gasteiger partial charge in [0.15, 0.2) is 11.5 Å². The minimum absolute atomic E-state index is 0.303.